The van der Waals surface area contributed by atoms with Gasteiger partial charge in [0.2, 0.25) is 0 Å². The number of hydrogen-bond acceptors (Lipinski definition) is 0. The third kappa shape index (κ3) is 9.75. The zero-order valence-electron chi connectivity index (χ0n) is 1.56. The molecule has 4 heavy (non-hydrogen) atoms. The van der Waals surface area contributed by atoms with E-state index in [-0.39, 0.29) is 138 Å². The van der Waals surface area contributed by atoms with Gasteiger partial charge in [0.05, 0.1) is 0 Å². The van der Waals surface area contributed by atoms with E-state index in [2.05, 4.69) is 0 Å². The van der Waals surface area contributed by atoms with Gasteiger partial charge in [-0.25, -0.2) is 0 Å². The summed E-state index contributed by atoms with van der Waals surface area (Å²) in [6.45, 7) is 0. The second-order valence-corrected chi connectivity index (χ2v) is 0. The van der Waals surface area contributed by atoms with Crippen molar-refractivity contribution in [3.05, 3.63) is 0 Å². The molecule has 0 aliphatic heterocycles. The van der Waals surface area contributed by atoms with Crippen LogP contribution in [0.3, 0.4) is 0 Å². The Balaban J connectivity index is 0. The van der Waals surface area contributed by atoms with Gasteiger partial charge in [0.25, 0.3) is 0 Å². The van der Waals surface area contributed by atoms with Crippen molar-refractivity contribution in [2.45, 2.75) is 0 Å². The Bertz CT molecular complexity index is 8.00. The van der Waals surface area contributed by atoms with Gasteiger partial charge < -0.3 is 0 Å². The molecule has 0 nitrogen and oxygen atoms in total. The van der Waals surface area contributed by atoms with E-state index in [0.717, 1.165) is 0 Å². The van der Waals surface area contributed by atoms with Crippen LogP contribution in [0, 0.1) is 80.8 Å². The van der Waals surface area contributed by atoms with Crippen molar-refractivity contribution in [3.8, 4) is 0 Å². The SMILES string of the molecule is [CaH2].[Gd].[Nd].[Zn]. The Morgan fingerprint density at radius 3 is 1.00 bits per heavy atom. The molecule has 0 rings (SSSR count). The largest absolute Gasteiger partial charge is 0 e. The third-order valence-electron chi connectivity index (χ3n) is 0. The minimum Gasteiger partial charge on any atom is 0 e. The van der Waals surface area contributed by atoms with Crippen LogP contribution in [-0.4, -0.2) is 37.7 Å². The fourth-order valence-corrected chi connectivity index (χ4v) is 0. The van der Waals surface area contributed by atoms with Gasteiger partial charge in [-0.2, -0.15) is 0 Å². The Labute approximate surface area is 134 Å². The van der Waals surface area contributed by atoms with Gasteiger partial charge in [0.15, 0.2) is 0 Å². The Kier molecular flexibility index (Phi) is 92.0. The molecule has 0 heterocycles. The molecule has 0 unspecified atom stereocenters. The summed E-state index contributed by atoms with van der Waals surface area (Å²) < 4.78 is 0. The molecule has 0 aromatic heterocycles. The number of rotatable bonds is 0. The molecule has 18 valence electrons. The van der Waals surface area contributed by atoms with E-state index in [4.69, 9.17) is 0 Å². The fraction of sp³-hybridized carbons (Fsp3) is 0. The van der Waals surface area contributed by atoms with Gasteiger partial charge in [-0.3, -0.25) is 0 Å². The topological polar surface area (TPSA) is 0 Å². The van der Waals surface area contributed by atoms with E-state index < -0.39 is 0 Å². The maximum Gasteiger partial charge on any atom is 0 e. The van der Waals surface area contributed by atoms with Crippen LogP contribution in [0.1, 0.15) is 0 Å². The summed E-state index contributed by atoms with van der Waals surface area (Å²) in [6.07, 6.45) is 0. The van der Waals surface area contributed by atoms with Gasteiger partial charge >= 0.3 is 37.7 Å². The van der Waals surface area contributed by atoms with E-state index in [0.29, 0.717) is 0 Å². The van der Waals surface area contributed by atoms with Gasteiger partial charge in [0, 0.05) is 100 Å². The van der Waals surface area contributed by atoms with Crippen LogP contribution in [0.4, 0.5) is 0 Å². The first kappa shape index (κ1) is 23.5. The molecule has 0 fully saturated rings. The van der Waals surface area contributed by atoms with Crippen molar-refractivity contribution in [1.29, 1.82) is 0 Å². The molecule has 0 radical (unpaired) electrons. The zero-order chi connectivity index (χ0) is 0. The minimum atomic E-state index is 0. The summed E-state index contributed by atoms with van der Waals surface area (Å²) in [6, 6.07) is 0. The maximum absolute atomic E-state index is 0. The average Bonchev–Trinajstić information content (AvgIpc) is 0. The van der Waals surface area contributed by atoms with E-state index in [9.17, 15) is 0 Å². The van der Waals surface area contributed by atoms with Crippen LogP contribution < -0.4 is 0 Å². The molecule has 4 heteroatoms. The van der Waals surface area contributed by atoms with Gasteiger partial charge in [-0.05, 0) is 0 Å². The average molecular weight is 409 g/mol. The van der Waals surface area contributed by atoms with E-state index in [1.165, 1.54) is 0 Å². The summed E-state index contributed by atoms with van der Waals surface area (Å²) in [5, 5.41) is 0. The van der Waals surface area contributed by atoms with Crippen molar-refractivity contribution in [2.75, 3.05) is 0 Å². The van der Waals surface area contributed by atoms with Gasteiger partial charge in [-0.1, -0.05) is 0 Å². The molecule has 0 atom stereocenters. The molecule has 0 spiro atoms. The summed E-state index contributed by atoms with van der Waals surface area (Å²) in [4.78, 5) is 0. The molecule has 0 bridgehead atoms. The maximum atomic E-state index is 0. The van der Waals surface area contributed by atoms with Crippen LogP contribution in [0.15, 0.2) is 0 Å². The first-order valence-corrected chi connectivity index (χ1v) is 0. The monoisotopic (exact) mass is 406 g/mol. The normalized spacial score (nSPS) is 0. The minimum absolute atomic E-state index is 0. The molecular formula is H2CaGdNdZn. The molecule has 0 saturated heterocycles. The molecule has 0 N–H and O–H groups in total. The van der Waals surface area contributed by atoms with Crippen molar-refractivity contribution >= 4 is 37.7 Å². The predicted molar refractivity (Wildman–Crippen MR) is 8.54 cm³/mol. The summed E-state index contributed by atoms with van der Waals surface area (Å²) in [5.74, 6) is 0. The number of hydrogen-bond donors (Lipinski definition) is 0. The van der Waals surface area contributed by atoms with Crippen molar-refractivity contribution in [2.24, 2.45) is 0 Å². The van der Waals surface area contributed by atoms with Crippen LogP contribution in [-0.2, 0) is 19.5 Å². The van der Waals surface area contributed by atoms with Gasteiger partial charge in [0.1, 0.15) is 0 Å². The molecule has 0 aliphatic rings. The fourth-order valence-electron chi connectivity index (χ4n) is 0. The molecule has 0 aromatic carbocycles. The molecular weight excluding hydrogens is 407 g/mol. The van der Waals surface area contributed by atoms with Gasteiger partial charge in [-0.15, -0.1) is 0 Å². The molecule has 0 amide bonds. The van der Waals surface area contributed by atoms with E-state index >= 15 is 0 Å². The van der Waals surface area contributed by atoms with Crippen molar-refractivity contribution < 1.29 is 100 Å². The first-order valence-electron chi connectivity index (χ1n) is 0. The molecule has 0 aliphatic carbocycles. The summed E-state index contributed by atoms with van der Waals surface area (Å²) >= 11 is 0. The van der Waals surface area contributed by atoms with E-state index in [1.807, 2.05) is 0 Å². The van der Waals surface area contributed by atoms with Crippen LogP contribution in [0.2, 0.25) is 0 Å². The summed E-state index contributed by atoms with van der Waals surface area (Å²) in [7, 11) is 0. The third-order valence-corrected chi connectivity index (χ3v) is 0. The van der Waals surface area contributed by atoms with Crippen LogP contribution >= 0.6 is 0 Å². The Morgan fingerprint density at radius 2 is 1.00 bits per heavy atom. The van der Waals surface area contributed by atoms with Crippen LogP contribution in [0.25, 0.3) is 0 Å². The first-order chi connectivity index (χ1) is 0. The van der Waals surface area contributed by atoms with Crippen molar-refractivity contribution in [3.63, 3.8) is 0 Å². The standard InChI is InChI=1S/Ca.Gd.Nd.Zn.2H. The predicted octanol–water partition coefficient (Wildman–Crippen LogP) is -0.919. The molecule has 0 aromatic rings. The Hall–Kier alpha value is 4.56. The quantitative estimate of drug-likeness (QED) is 0.455. The van der Waals surface area contributed by atoms with Crippen molar-refractivity contribution in [1.82, 2.24) is 0 Å². The summed E-state index contributed by atoms with van der Waals surface area (Å²) in [5.41, 5.74) is 0. The smallest absolute Gasteiger partial charge is 0 e. The van der Waals surface area contributed by atoms with E-state index in [1.54, 1.807) is 0 Å². The Morgan fingerprint density at radius 1 is 1.00 bits per heavy atom. The van der Waals surface area contributed by atoms with Crippen LogP contribution in [0.5, 0.6) is 0 Å². The molecule has 0 saturated carbocycles. The second-order valence-electron chi connectivity index (χ2n) is 0. The zero-order valence-corrected chi connectivity index (χ0v) is 10.0. The second kappa shape index (κ2) is 15.6.